The maximum Gasteiger partial charge on any atom is 0.410 e. The van der Waals surface area contributed by atoms with Crippen LogP contribution in [0.25, 0.3) is 0 Å². The minimum Gasteiger partial charge on any atom is -0.488 e. The summed E-state index contributed by atoms with van der Waals surface area (Å²) < 4.78 is 29.5. The fourth-order valence-electron chi connectivity index (χ4n) is 13.6. The second-order valence-electron chi connectivity index (χ2n) is 35.1. The maximum absolute atomic E-state index is 15.1. The molecule has 0 unspecified atom stereocenters. The molecule has 0 aromatic heterocycles. The van der Waals surface area contributed by atoms with Crippen LogP contribution in [0.2, 0.25) is 0 Å². The maximum atomic E-state index is 15.1. The molecule has 29 heteroatoms. The summed E-state index contributed by atoms with van der Waals surface area (Å²) in [5.41, 5.74) is -4.15. The number of nitrogens with zero attached hydrogens (tertiary/aromatic N) is 4. The molecule has 4 aromatic rings. The van der Waals surface area contributed by atoms with Crippen LogP contribution in [0.4, 0.5) is 19.2 Å². The number of carboxylic acid groups (broad SMARTS) is 1. The third kappa shape index (κ3) is 33.3. The predicted octanol–water partition coefficient (Wildman–Crippen LogP) is 11.0. The van der Waals surface area contributed by atoms with E-state index in [1.807, 2.05) is 99.6 Å². The highest BCUT2D eigenvalue weighted by atomic mass is 32.2. The van der Waals surface area contributed by atoms with Gasteiger partial charge in [-0.1, -0.05) is 116 Å². The molecule has 2 bridgehead atoms. The van der Waals surface area contributed by atoms with E-state index in [2.05, 4.69) is 73.6 Å². The quantitative estimate of drug-likeness (QED) is 0.0137. The number of ketones is 1. The molecular formula is C87H129N11O17S. The fourth-order valence-corrected chi connectivity index (χ4v) is 15.2. The number of rotatable bonds is 30. The van der Waals surface area contributed by atoms with Crippen molar-refractivity contribution < 1.29 is 81.5 Å². The Balaban J connectivity index is 1.25. The first kappa shape index (κ1) is 95.4. The van der Waals surface area contributed by atoms with E-state index in [0.29, 0.717) is 31.4 Å². The molecule has 0 aliphatic carbocycles. The molecule has 3 saturated heterocycles. The second kappa shape index (κ2) is 43.6. The van der Waals surface area contributed by atoms with Gasteiger partial charge < -0.3 is 85.6 Å². The van der Waals surface area contributed by atoms with E-state index in [1.165, 1.54) is 19.6 Å². The number of hydrogen-bond acceptors (Lipinski definition) is 19. The smallest absolute Gasteiger partial charge is 0.410 e. The van der Waals surface area contributed by atoms with Gasteiger partial charge in [-0.25, -0.2) is 19.2 Å². The first-order chi connectivity index (χ1) is 54.4. The monoisotopic (exact) mass is 1630 g/mol. The van der Waals surface area contributed by atoms with E-state index in [1.54, 1.807) is 102 Å². The van der Waals surface area contributed by atoms with Crippen molar-refractivity contribution in [3.63, 3.8) is 0 Å². The fraction of sp³-hybridized carbons (Fsp3) is 0.598. The Labute approximate surface area is 690 Å². The summed E-state index contributed by atoms with van der Waals surface area (Å²) in [6, 6.07) is 35.8. The molecule has 4 atom stereocenters. The number of amides is 9. The normalized spacial score (nSPS) is 17.5. The van der Waals surface area contributed by atoms with Crippen molar-refractivity contribution in [1.82, 2.24) is 56.8 Å². The van der Waals surface area contributed by atoms with E-state index in [4.69, 9.17) is 23.7 Å². The lowest BCUT2D eigenvalue weighted by molar-refractivity contribution is -0.137. The Morgan fingerprint density at radius 3 is 1.16 bits per heavy atom. The van der Waals surface area contributed by atoms with Crippen molar-refractivity contribution in [2.24, 2.45) is 0 Å². The lowest BCUT2D eigenvalue weighted by Crippen LogP contribution is -2.70. The molecule has 0 radical (unpaired) electrons. The van der Waals surface area contributed by atoms with Gasteiger partial charge in [-0.2, -0.15) is 0 Å². The molecule has 0 saturated carbocycles. The number of hydrogen-bond donors (Lipinski definition) is 8. The van der Waals surface area contributed by atoms with E-state index in [0.717, 1.165) is 22.3 Å². The third-order valence-electron chi connectivity index (χ3n) is 18.7. The number of carboxylic acids is 1. The summed E-state index contributed by atoms with van der Waals surface area (Å²) in [6.07, 6.45) is -1.86. The zero-order valence-electron chi connectivity index (χ0n) is 71.2. The molecule has 3 aliphatic heterocycles. The lowest BCUT2D eigenvalue weighted by atomic mass is 9.84. The second-order valence-corrected chi connectivity index (χ2v) is 36.3. The van der Waals surface area contributed by atoms with Gasteiger partial charge in [0.2, 0.25) is 29.5 Å². The summed E-state index contributed by atoms with van der Waals surface area (Å²) in [4.78, 5) is 162. The van der Waals surface area contributed by atoms with Gasteiger partial charge >= 0.3 is 30.3 Å². The van der Waals surface area contributed by atoms with Gasteiger partial charge in [0, 0.05) is 104 Å². The minimum absolute atomic E-state index is 0.0234. The summed E-state index contributed by atoms with van der Waals surface area (Å²) in [7, 11) is 1.55. The number of Topliss-reactive ketones (excluding diaryl/α,β-unsaturated/α-hetero) is 1. The summed E-state index contributed by atoms with van der Waals surface area (Å²) >= 11 is 1.57. The number of carbonyl (C=O) groups excluding carboxylic acids is 10. The standard InChI is InChI=1S/C87H129N11O17S/c1-80(2,3)111-66-46-44-62(45-47-66)54-67(69(99)38-28-17-18-29-39-70(100)92-68(75(106)88-16)55-116-87(63-32-22-19-23-33-63,64-34-24-20-25-35-64)65-36-26-21-27-37-65)91-71(101)40-30-41-72(102)93-85-56-89-48-51-96(77(108)113-82(7,8)9)59-86(94-73(103)42-31-43-74(104)105,57-90-49-50-95(58-85)76(107)112-81(4,5)6)61-98(79(110)115-84(13,14)15)53-52-97(60-85)78(109)114-83(10,11)12/h19-27,32-37,44-47,67-68,89-90H,17-18,28-31,38-43,48-61H2,1-16H3,(H,88,106)(H,91,101)(H,92,100)(H,93,102)(H,94,103)(H,104,105)/t67-,68-,85+,86+/m0/s1. The highest BCUT2D eigenvalue weighted by Crippen LogP contribution is 2.49. The van der Waals surface area contributed by atoms with Crippen molar-refractivity contribution in [3.8, 4) is 5.75 Å². The Morgan fingerprint density at radius 1 is 0.431 bits per heavy atom. The largest absolute Gasteiger partial charge is 0.488 e. The molecular weight excluding hydrogens is 1500 g/mol. The highest BCUT2D eigenvalue weighted by Gasteiger charge is 2.46. The third-order valence-corrected chi connectivity index (χ3v) is 20.3. The van der Waals surface area contributed by atoms with Gasteiger partial charge in [-0.3, -0.25) is 33.6 Å². The molecule has 3 fully saturated rings. The lowest BCUT2D eigenvalue weighted by Gasteiger charge is -2.46. The Morgan fingerprint density at radius 2 is 0.784 bits per heavy atom. The summed E-state index contributed by atoms with van der Waals surface area (Å²) in [5.74, 6) is -2.76. The average molecular weight is 1630 g/mol. The van der Waals surface area contributed by atoms with Crippen LogP contribution < -0.4 is 42.0 Å². The first-order valence-corrected chi connectivity index (χ1v) is 41.4. The van der Waals surface area contributed by atoms with E-state index >= 15 is 4.79 Å². The predicted molar refractivity (Wildman–Crippen MR) is 447 cm³/mol. The van der Waals surface area contributed by atoms with E-state index < -0.39 is 104 Å². The minimum atomic E-state index is -1.67. The van der Waals surface area contributed by atoms with E-state index in [9.17, 15) is 53.1 Å². The molecule has 3 heterocycles. The van der Waals surface area contributed by atoms with Crippen LogP contribution in [-0.4, -0.2) is 233 Å². The molecule has 640 valence electrons. The number of likely N-dealkylation sites (N-methyl/N-ethyl adjacent to an activating group) is 1. The number of carbonyl (C=O) groups is 11. The number of thioether (sulfide) groups is 1. The Bertz CT molecular complexity index is 3780. The number of nitrogens with one attached hydrogen (secondary N) is 7. The zero-order valence-corrected chi connectivity index (χ0v) is 72.0. The first-order valence-electron chi connectivity index (χ1n) is 40.5. The highest BCUT2D eigenvalue weighted by molar-refractivity contribution is 8.00. The Hall–Kier alpha value is -9.48. The van der Waals surface area contributed by atoms with Gasteiger partial charge in [-0.15, -0.1) is 11.8 Å². The molecule has 3 aliphatic rings. The van der Waals surface area contributed by atoms with Gasteiger partial charge in [0.05, 0.1) is 48.0 Å². The van der Waals surface area contributed by atoms with E-state index in [-0.39, 0.29) is 160 Å². The molecule has 0 spiro atoms. The van der Waals surface area contributed by atoms with Crippen LogP contribution in [0, 0.1) is 0 Å². The number of unbranched alkanes of at least 4 members (excludes halogenated alkanes) is 3. The number of benzene rings is 4. The van der Waals surface area contributed by atoms with Crippen LogP contribution in [0.1, 0.15) is 203 Å². The molecule has 116 heavy (non-hydrogen) atoms. The van der Waals surface area contributed by atoms with Crippen molar-refractivity contribution in [2.45, 2.75) is 243 Å². The van der Waals surface area contributed by atoms with Gasteiger partial charge in [0.15, 0.2) is 5.78 Å². The van der Waals surface area contributed by atoms with Crippen LogP contribution in [0.3, 0.4) is 0 Å². The van der Waals surface area contributed by atoms with Crippen molar-refractivity contribution >= 4 is 77.4 Å². The zero-order chi connectivity index (χ0) is 85.7. The number of ether oxygens (including phenoxy) is 5. The van der Waals surface area contributed by atoms with Crippen LogP contribution in [0.5, 0.6) is 5.75 Å². The van der Waals surface area contributed by atoms with Crippen LogP contribution >= 0.6 is 11.8 Å². The average Bonchev–Trinajstić information content (AvgIpc) is 0.733. The van der Waals surface area contributed by atoms with Crippen molar-refractivity contribution in [3.05, 3.63) is 138 Å². The van der Waals surface area contributed by atoms with Gasteiger partial charge in [0.25, 0.3) is 0 Å². The molecule has 28 nitrogen and oxygen atoms in total. The molecule has 7 rings (SSSR count). The number of aliphatic carboxylic acids is 1. The molecule has 9 amide bonds. The van der Waals surface area contributed by atoms with Gasteiger partial charge in [0.1, 0.15) is 39.8 Å². The van der Waals surface area contributed by atoms with Crippen molar-refractivity contribution in [1.29, 1.82) is 0 Å². The van der Waals surface area contributed by atoms with Crippen LogP contribution in [0.15, 0.2) is 115 Å². The Kier molecular flexibility index (Phi) is 35.9. The number of fused-ring (bicyclic) bond motifs is 15. The topological polar surface area (TPSA) is 351 Å². The SMILES string of the molecule is CNC(=O)[C@H](CSC(c1ccccc1)(c1ccccc1)c1ccccc1)NC(=O)CCCCCCC(=O)[C@H](Cc1ccc(OC(C)(C)C)cc1)NC(=O)CCCC(=O)N[C@]12CNCCN(C(=O)OC(C)(C)C)C[C@](NC(=O)CCCC(=O)O)(CNCCN(C(=O)OC(C)(C)C)C1)CN(C(=O)OC(C)(C)C)CCN(C(=O)OC(C)(C)C)C2. The summed E-state index contributed by atoms with van der Waals surface area (Å²) in [5, 5.41) is 31.3. The molecule has 8 N–H and O–H groups in total. The molecule has 4 aromatic carbocycles. The van der Waals surface area contributed by atoms with Crippen molar-refractivity contribution in [2.75, 3.05) is 91.3 Å². The summed E-state index contributed by atoms with van der Waals surface area (Å²) in [6.45, 7) is 23.4. The van der Waals surface area contributed by atoms with Gasteiger partial charge in [-0.05, 0) is 170 Å². The van der Waals surface area contributed by atoms with Crippen LogP contribution in [-0.2, 0) is 63.7 Å².